The van der Waals surface area contributed by atoms with Crippen LogP contribution >= 0.6 is 12.4 Å². The Labute approximate surface area is 161 Å². The summed E-state index contributed by atoms with van der Waals surface area (Å²) < 4.78 is 6.78. The molecule has 142 valence electrons. The molecule has 4 aliphatic heterocycles. The van der Waals surface area contributed by atoms with E-state index in [9.17, 15) is 4.79 Å². The third kappa shape index (κ3) is 2.13. The van der Waals surface area contributed by atoms with Crippen LogP contribution in [0.15, 0.2) is 35.5 Å². The van der Waals surface area contributed by atoms with Gasteiger partial charge in [0.2, 0.25) is 5.72 Å². The second-order valence-electron chi connectivity index (χ2n) is 8.13. The lowest BCUT2D eigenvalue weighted by atomic mass is 9.65. The molecule has 5 nitrogen and oxygen atoms in total. The van der Waals surface area contributed by atoms with Crippen molar-refractivity contribution in [2.45, 2.75) is 57.6 Å². The predicted octanol–water partition coefficient (Wildman–Crippen LogP) is 4.19. The number of likely N-dealkylation sites (N-methyl/N-ethyl adjacent to an activating group) is 2. The number of urea groups is 1. The molecule has 2 spiro atoms. The van der Waals surface area contributed by atoms with Crippen LogP contribution in [0.3, 0.4) is 0 Å². The van der Waals surface area contributed by atoms with Gasteiger partial charge < -0.3 is 14.5 Å². The zero-order chi connectivity index (χ0) is 17.2. The van der Waals surface area contributed by atoms with Crippen molar-refractivity contribution in [3.8, 4) is 0 Å². The molecule has 2 atom stereocenters. The Balaban J connectivity index is 0.00000168. The van der Waals surface area contributed by atoms with Gasteiger partial charge >= 0.3 is 6.03 Å². The van der Waals surface area contributed by atoms with E-state index in [-0.39, 0.29) is 23.9 Å². The molecule has 1 aliphatic carbocycles. The van der Waals surface area contributed by atoms with Crippen molar-refractivity contribution in [2.75, 3.05) is 20.1 Å². The number of hydrogen-bond donors (Lipinski definition) is 0. The number of carbonyl (C=O) groups is 1. The summed E-state index contributed by atoms with van der Waals surface area (Å²) in [5.74, 6) is 1.17. The van der Waals surface area contributed by atoms with Crippen LogP contribution in [0.2, 0.25) is 0 Å². The van der Waals surface area contributed by atoms with Crippen LogP contribution < -0.4 is 0 Å². The molecule has 2 saturated heterocycles. The predicted molar refractivity (Wildman–Crippen MR) is 102 cm³/mol. The van der Waals surface area contributed by atoms with Crippen molar-refractivity contribution in [3.63, 3.8) is 0 Å². The van der Waals surface area contributed by atoms with Gasteiger partial charge in [0.25, 0.3) is 0 Å². The van der Waals surface area contributed by atoms with Gasteiger partial charge in [-0.15, -0.1) is 12.4 Å². The lowest BCUT2D eigenvalue weighted by Gasteiger charge is -2.42. The number of halogens is 1. The lowest BCUT2D eigenvalue weighted by Crippen LogP contribution is -2.45. The monoisotopic (exact) mass is 377 g/mol. The van der Waals surface area contributed by atoms with Gasteiger partial charge in [0.15, 0.2) is 0 Å². The van der Waals surface area contributed by atoms with E-state index < -0.39 is 5.72 Å². The number of amides is 2. The maximum atomic E-state index is 12.7. The second-order valence-corrected chi connectivity index (χ2v) is 8.13. The maximum Gasteiger partial charge on any atom is 0.323 e. The summed E-state index contributed by atoms with van der Waals surface area (Å²) in [6.07, 6.45) is 14.6. The topological polar surface area (TPSA) is 36.0 Å². The highest BCUT2D eigenvalue weighted by Crippen LogP contribution is 2.62. The first kappa shape index (κ1) is 17.8. The highest BCUT2D eigenvalue weighted by atomic mass is 35.5. The van der Waals surface area contributed by atoms with Crippen molar-refractivity contribution in [1.82, 2.24) is 14.7 Å². The van der Waals surface area contributed by atoms with Gasteiger partial charge in [0.1, 0.15) is 5.76 Å². The van der Waals surface area contributed by atoms with Gasteiger partial charge in [-0.05, 0) is 44.6 Å². The van der Waals surface area contributed by atoms with E-state index in [0.717, 1.165) is 38.6 Å². The summed E-state index contributed by atoms with van der Waals surface area (Å²) in [4.78, 5) is 18.7. The molecule has 2 unspecified atom stereocenters. The largest absolute Gasteiger partial charge is 0.467 e. The van der Waals surface area contributed by atoms with Crippen LogP contribution in [0, 0.1) is 5.41 Å². The smallest absolute Gasteiger partial charge is 0.323 e. The van der Waals surface area contributed by atoms with E-state index >= 15 is 0 Å². The Kier molecular flexibility index (Phi) is 4.07. The number of carbonyl (C=O) groups excluding carboxylic acids is 1. The van der Waals surface area contributed by atoms with Crippen molar-refractivity contribution < 1.29 is 9.53 Å². The van der Waals surface area contributed by atoms with Gasteiger partial charge in [-0.25, -0.2) is 4.79 Å². The zero-order valence-corrected chi connectivity index (χ0v) is 16.5. The van der Waals surface area contributed by atoms with Gasteiger partial charge in [0.05, 0.1) is 17.7 Å². The average molecular weight is 378 g/mol. The Morgan fingerprint density at radius 2 is 2.12 bits per heavy atom. The van der Waals surface area contributed by atoms with E-state index in [1.165, 1.54) is 29.9 Å². The van der Waals surface area contributed by atoms with Crippen LogP contribution in [0.25, 0.3) is 0 Å². The van der Waals surface area contributed by atoms with Crippen LogP contribution in [0.1, 0.15) is 51.9 Å². The molecule has 0 radical (unpaired) electrons. The SMILES string of the molecule is CCN1CC2(CC34CCCCC3=CN3C=CCCC3=C4O2)N(C)C1=O.Cl. The first-order valence-electron chi connectivity index (χ1n) is 9.71. The quantitative estimate of drug-likeness (QED) is 0.687. The Morgan fingerprint density at radius 1 is 1.27 bits per heavy atom. The van der Waals surface area contributed by atoms with Crippen molar-refractivity contribution in [2.24, 2.45) is 5.41 Å². The summed E-state index contributed by atoms with van der Waals surface area (Å²) in [5, 5.41) is 0. The van der Waals surface area contributed by atoms with Gasteiger partial charge in [-0.2, -0.15) is 0 Å². The standard InChI is InChI=1S/C20H27N3O2.ClH/c1-3-22-14-20(21(2)18(22)24)13-19-10-6-4-8-15(19)12-23-11-7-5-9-16(23)17(19)25-20;/h7,11-12H,3-6,8-10,13-14H2,1-2H3;1H. The van der Waals surface area contributed by atoms with E-state index in [4.69, 9.17) is 4.74 Å². The summed E-state index contributed by atoms with van der Waals surface area (Å²) >= 11 is 0. The molecule has 0 aromatic rings. The molecule has 0 bridgehead atoms. The number of nitrogens with zero attached hydrogens (tertiary/aromatic N) is 3. The molecule has 4 heterocycles. The zero-order valence-electron chi connectivity index (χ0n) is 15.7. The van der Waals surface area contributed by atoms with Crippen LogP contribution in [0.5, 0.6) is 0 Å². The molecule has 26 heavy (non-hydrogen) atoms. The number of fused-ring (bicyclic) bond motifs is 1. The Morgan fingerprint density at radius 3 is 2.88 bits per heavy atom. The summed E-state index contributed by atoms with van der Waals surface area (Å²) in [7, 11) is 1.92. The highest BCUT2D eigenvalue weighted by molar-refractivity contribution is 5.85. The number of hydrogen-bond acceptors (Lipinski definition) is 3. The molecule has 0 aromatic carbocycles. The van der Waals surface area contributed by atoms with Crippen LogP contribution in [0.4, 0.5) is 4.79 Å². The van der Waals surface area contributed by atoms with Gasteiger partial charge in [-0.1, -0.05) is 12.5 Å². The fourth-order valence-electron chi connectivity index (χ4n) is 5.53. The number of rotatable bonds is 1. The second kappa shape index (κ2) is 5.95. The first-order valence-corrected chi connectivity index (χ1v) is 9.71. The van der Waals surface area contributed by atoms with Crippen molar-refractivity contribution >= 4 is 18.4 Å². The van der Waals surface area contributed by atoms with E-state index in [0.29, 0.717) is 6.54 Å². The molecule has 6 heteroatoms. The molecular formula is C20H28ClN3O2. The van der Waals surface area contributed by atoms with Gasteiger partial charge in [0, 0.05) is 32.4 Å². The highest BCUT2D eigenvalue weighted by Gasteiger charge is 2.64. The molecule has 2 amide bonds. The Bertz CT molecular complexity index is 731. The minimum atomic E-state index is -0.497. The molecule has 5 rings (SSSR count). The van der Waals surface area contributed by atoms with E-state index in [1.54, 1.807) is 0 Å². The molecular weight excluding hydrogens is 350 g/mol. The third-order valence-corrected chi connectivity index (χ3v) is 6.89. The van der Waals surface area contributed by atoms with Crippen molar-refractivity contribution in [1.29, 1.82) is 0 Å². The van der Waals surface area contributed by atoms with Crippen molar-refractivity contribution in [3.05, 3.63) is 35.5 Å². The van der Waals surface area contributed by atoms with Crippen LogP contribution in [-0.4, -0.2) is 46.6 Å². The van der Waals surface area contributed by atoms with E-state index in [1.807, 2.05) is 23.8 Å². The minimum absolute atomic E-state index is 0. The first-order chi connectivity index (χ1) is 12.1. The fourth-order valence-corrected chi connectivity index (χ4v) is 5.53. The minimum Gasteiger partial charge on any atom is -0.467 e. The summed E-state index contributed by atoms with van der Waals surface area (Å²) in [6.45, 7) is 3.47. The fraction of sp³-hybridized carbons (Fsp3) is 0.650. The van der Waals surface area contributed by atoms with Crippen LogP contribution in [-0.2, 0) is 4.74 Å². The lowest BCUT2D eigenvalue weighted by molar-refractivity contribution is -0.0426. The number of ether oxygens (including phenoxy) is 1. The molecule has 5 aliphatic rings. The van der Waals surface area contributed by atoms with E-state index in [2.05, 4.69) is 23.4 Å². The normalized spacial score (nSPS) is 35.1. The molecule has 0 aromatic heterocycles. The molecule has 1 saturated carbocycles. The average Bonchev–Trinajstić information content (AvgIpc) is 3.09. The summed E-state index contributed by atoms with van der Waals surface area (Å²) in [5.41, 5.74) is 2.36. The Hall–Kier alpha value is -1.62. The van der Waals surface area contributed by atoms with Gasteiger partial charge in [-0.3, -0.25) is 4.90 Å². The maximum absolute atomic E-state index is 12.7. The summed E-state index contributed by atoms with van der Waals surface area (Å²) in [6, 6.07) is 0.102. The number of allylic oxidation sites excluding steroid dienone is 3. The molecule has 3 fully saturated rings. The molecule has 0 N–H and O–H groups in total. The third-order valence-electron chi connectivity index (χ3n) is 6.89.